The van der Waals surface area contributed by atoms with Gasteiger partial charge in [0.2, 0.25) is 0 Å². The summed E-state index contributed by atoms with van der Waals surface area (Å²) in [5.74, 6) is 1.91. The molecular formula is C21H22N4OS. The summed E-state index contributed by atoms with van der Waals surface area (Å²) in [4.78, 5) is 8.73. The number of nitrogens with two attached hydrogens (primary N) is 1. The summed E-state index contributed by atoms with van der Waals surface area (Å²) < 4.78 is 6.18. The Morgan fingerprint density at radius 3 is 2.85 bits per heavy atom. The number of aliphatic imine (C=N–C) groups is 1. The van der Waals surface area contributed by atoms with Crippen molar-refractivity contribution in [1.82, 2.24) is 4.98 Å². The van der Waals surface area contributed by atoms with E-state index in [1.807, 2.05) is 48.7 Å². The average molecular weight is 379 g/mol. The van der Waals surface area contributed by atoms with Crippen LogP contribution < -0.4 is 15.8 Å². The molecule has 0 atom stereocenters. The molecule has 0 aliphatic rings. The van der Waals surface area contributed by atoms with Gasteiger partial charge in [-0.05, 0) is 37.6 Å². The number of thiazole rings is 1. The summed E-state index contributed by atoms with van der Waals surface area (Å²) >= 11 is 1.46. The molecule has 1 aromatic heterocycles. The Kier molecular flexibility index (Phi) is 5.88. The Labute approximate surface area is 163 Å². The molecule has 3 aromatic rings. The van der Waals surface area contributed by atoms with E-state index < -0.39 is 0 Å². The molecule has 5 nitrogen and oxygen atoms in total. The average Bonchev–Trinajstić information content (AvgIpc) is 3.11. The molecule has 0 saturated carbocycles. The lowest BCUT2D eigenvalue weighted by molar-refractivity contribution is 0.480. The third kappa shape index (κ3) is 4.74. The highest BCUT2D eigenvalue weighted by molar-refractivity contribution is 7.14. The first kappa shape index (κ1) is 18.7. The minimum atomic E-state index is 0.315. The van der Waals surface area contributed by atoms with Crippen LogP contribution in [0.5, 0.6) is 11.5 Å². The van der Waals surface area contributed by atoms with Crippen molar-refractivity contribution in [3.05, 3.63) is 71.6 Å². The molecule has 0 unspecified atom stereocenters. The van der Waals surface area contributed by atoms with Crippen LogP contribution in [0.15, 0.2) is 65.5 Å². The van der Waals surface area contributed by atoms with Crippen LogP contribution >= 0.6 is 11.3 Å². The molecule has 0 saturated heterocycles. The van der Waals surface area contributed by atoms with E-state index >= 15 is 0 Å². The van der Waals surface area contributed by atoms with Crippen LogP contribution in [-0.4, -0.2) is 17.5 Å². The molecule has 0 fully saturated rings. The molecule has 0 amide bonds. The maximum Gasteiger partial charge on any atom is 0.195 e. The third-order valence-corrected chi connectivity index (χ3v) is 4.60. The van der Waals surface area contributed by atoms with Crippen molar-refractivity contribution >= 4 is 22.4 Å². The highest BCUT2D eigenvalue weighted by atomic mass is 32.1. The number of ether oxygens (including phenoxy) is 1. The molecule has 1 heterocycles. The minimum absolute atomic E-state index is 0.315. The second-order valence-corrected chi connectivity index (χ2v) is 6.90. The highest BCUT2D eigenvalue weighted by Crippen LogP contribution is 2.35. The number of anilines is 1. The monoisotopic (exact) mass is 378 g/mol. The molecule has 0 bridgehead atoms. The van der Waals surface area contributed by atoms with Gasteiger partial charge in [-0.25, -0.2) is 9.98 Å². The van der Waals surface area contributed by atoms with Gasteiger partial charge >= 0.3 is 0 Å². The van der Waals surface area contributed by atoms with Gasteiger partial charge in [0.05, 0.1) is 12.2 Å². The van der Waals surface area contributed by atoms with Gasteiger partial charge in [-0.1, -0.05) is 35.9 Å². The number of hydrogen-bond donors (Lipinski definition) is 2. The standard InChI is InChI=1S/C21H22N4OS/c1-4-11-23-20(22)25-21-24-17(13-27-21)16-7-5-6-8-19(16)26-18-10-9-14(2)12-15(18)3/h4-10,12-13H,1,11H2,2-3H3,(H3,22,23,24,25). The number of nitrogens with one attached hydrogen (secondary N) is 1. The van der Waals surface area contributed by atoms with Gasteiger partial charge < -0.3 is 15.8 Å². The third-order valence-electron chi connectivity index (χ3n) is 3.84. The van der Waals surface area contributed by atoms with Crippen LogP contribution in [0, 0.1) is 13.8 Å². The normalized spacial score (nSPS) is 11.3. The number of benzene rings is 2. The van der Waals surface area contributed by atoms with Crippen molar-refractivity contribution in [2.24, 2.45) is 10.7 Å². The lowest BCUT2D eigenvalue weighted by Crippen LogP contribution is -2.22. The maximum absolute atomic E-state index is 6.18. The Balaban J connectivity index is 1.85. The summed E-state index contributed by atoms with van der Waals surface area (Å²) in [6.07, 6.45) is 1.68. The van der Waals surface area contributed by atoms with E-state index in [-0.39, 0.29) is 0 Å². The second kappa shape index (κ2) is 8.51. The Bertz CT molecular complexity index is 978. The van der Waals surface area contributed by atoms with E-state index in [0.717, 1.165) is 28.3 Å². The molecule has 138 valence electrons. The maximum atomic E-state index is 6.18. The van der Waals surface area contributed by atoms with Crippen molar-refractivity contribution in [2.45, 2.75) is 13.8 Å². The Morgan fingerprint density at radius 2 is 2.07 bits per heavy atom. The largest absolute Gasteiger partial charge is 0.456 e. The number of nitrogens with zero attached hydrogens (tertiary/aromatic N) is 2. The van der Waals surface area contributed by atoms with Crippen molar-refractivity contribution in [1.29, 1.82) is 0 Å². The van der Waals surface area contributed by atoms with Crippen LogP contribution in [0.1, 0.15) is 11.1 Å². The first-order valence-electron chi connectivity index (χ1n) is 8.54. The number of aromatic nitrogens is 1. The Morgan fingerprint density at radius 1 is 1.26 bits per heavy atom. The fourth-order valence-electron chi connectivity index (χ4n) is 2.57. The first-order valence-corrected chi connectivity index (χ1v) is 9.42. The zero-order valence-corrected chi connectivity index (χ0v) is 16.2. The van der Waals surface area contributed by atoms with Crippen molar-refractivity contribution in [3.8, 4) is 22.8 Å². The second-order valence-electron chi connectivity index (χ2n) is 6.04. The topological polar surface area (TPSA) is 72.5 Å². The highest BCUT2D eigenvalue weighted by Gasteiger charge is 2.12. The SMILES string of the molecule is C=CCN=C(N)Nc1nc(-c2ccccc2Oc2ccc(C)cc2C)cs1. The van der Waals surface area contributed by atoms with Crippen LogP contribution in [0.25, 0.3) is 11.3 Å². The molecule has 0 spiro atoms. The molecule has 3 N–H and O–H groups in total. The Hall–Kier alpha value is -3.12. The minimum Gasteiger partial charge on any atom is -0.456 e. The van der Waals surface area contributed by atoms with Gasteiger partial charge in [0.25, 0.3) is 0 Å². The van der Waals surface area contributed by atoms with Gasteiger partial charge in [0, 0.05) is 10.9 Å². The van der Waals surface area contributed by atoms with E-state index in [1.54, 1.807) is 6.08 Å². The summed E-state index contributed by atoms with van der Waals surface area (Å²) in [6.45, 7) is 8.19. The molecular weight excluding hydrogens is 356 g/mol. The van der Waals surface area contributed by atoms with Crippen LogP contribution in [0.2, 0.25) is 0 Å². The molecule has 0 aliphatic heterocycles. The van der Waals surface area contributed by atoms with Crippen LogP contribution in [-0.2, 0) is 0 Å². The zero-order chi connectivity index (χ0) is 19.2. The lowest BCUT2D eigenvalue weighted by atomic mass is 10.1. The summed E-state index contributed by atoms with van der Waals surface area (Å²) in [5, 5.41) is 5.64. The van der Waals surface area contributed by atoms with Crippen molar-refractivity contribution in [2.75, 3.05) is 11.9 Å². The van der Waals surface area contributed by atoms with Gasteiger partial charge in [-0.3, -0.25) is 0 Å². The first-order chi connectivity index (χ1) is 13.1. The predicted molar refractivity (Wildman–Crippen MR) is 114 cm³/mol. The van der Waals surface area contributed by atoms with E-state index in [4.69, 9.17) is 10.5 Å². The van der Waals surface area contributed by atoms with Gasteiger partial charge in [-0.2, -0.15) is 0 Å². The fraction of sp³-hybridized carbons (Fsp3) is 0.143. The number of para-hydroxylation sites is 1. The van der Waals surface area contributed by atoms with Gasteiger partial charge in [0.1, 0.15) is 11.5 Å². The number of rotatable bonds is 6. The molecule has 27 heavy (non-hydrogen) atoms. The molecule has 0 radical (unpaired) electrons. The van der Waals surface area contributed by atoms with E-state index in [0.29, 0.717) is 17.6 Å². The predicted octanol–water partition coefficient (Wildman–Crippen LogP) is 5.13. The quantitative estimate of drug-likeness (QED) is 0.354. The molecule has 2 aromatic carbocycles. The number of aryl methyl sites for hydroxylation is 2. The summed E-state index contributed by atoms with van der Waals surface area (Å²) in [6, 6.07) is 14.0. The molecule has 6 heteroatoms. The van der Waals surface area contributed by atoms with Crippen LogP contribution in [0.4, 0.5) is 5.13 Å². The van der Waals surface area contributed by atoms with Gasteiger partial charge in [0.15, 0.2) is 11.1 Å². The number of guanidine groups is 1. The van der Waals surface area contributed by atoms with E-state index in [2.05, 4.69) is 34.9 Å². The fourth-order valence-corrected chi connectivity index (χ4v) is 3.28. The van der Waals surface area contributed by atoms with Crippen LogP contribution in [0.3, 0.4) is 0 Å². The smallest absolute Gasteiger partial charge is 0.195 e. The van der Waals surface area contributed by atoms with E-state index in [1.165, 1.54) is 16.9 Å². The number of hydrogen-bond acceptors (Lipinski definition) is 4. The molecule has 3 rings (SSSR count). The zero-order valence-electron chi connectivity index (χ0n) is 15.4. The lowest BCUT2D eigenvalue weighted by Gasteiger charge is -2.12. The van der Waals surface area contributed by atoms with E-state index in [9.17, 15) is 0 Å². The van der Waals surface area contributed by atoms with Gasteiger partial charge in [-0.15, -0.1) is 17.9 Å². The van der Waals surface area contributed by atoms with Crippen molar-refractivity contribution in [3.63, 3.8) is 0 Å². The summed E-state index contributed by atoms with van der Waals surface area (Å²) in [7, 11) is 0. The van der Waals surface area contributed by atoms with Crippen molar-refractivity contribution < 1.29 is 4.74 Å². The summed E-state index contributed by atoms with van der Waals surface area (Å²) in [5.41, 5.74) is 9.87. The molecule has 0 aliphatic carbocycles.